The first kappa shape index (κ1) is 11.4. The number of hydrogen-bond donors (Lipinski definition) is 1. The van der Waals surface area contributed by atoms with Gasteiger partial charge in [0.25, 0.3) is 0 Å². The molecule has 1 fully saturated rings. The Hall–Kier alpha value is -1.46. The smallest absolute Gasteiger partial charge is 0.180 e. The lowest BCUT2D eigenvalue weighted by atomic mass is 10.1. The van der Waals surface area contributed by atoms with Gasteiger partial charge in [-0.1, -0.05) is 6.07 Å². The number of anilines is 1. The second-order valence-electron chi connectivity index (χ2n) is 4.97. The van der Waals surface area contributed by atoms with Gasteiger partial charge in [0.2, 0.25) is 0 Å². The summed E-state index contributed by atoms with van der Waals surface area (Å²) in [7, 11) is 0. The molecule has 96 valence electrons. The van der Waals surface area contributed by atoms with E-state index in [4.69, 9.17) is 5.73 Å². The van der Waals surface area contributed by atoms with Crippen LogP contribution in [-0.4, -0.2) is 9.97 Å². The zero-order valence-electron chi connectivity index (χ0n) is 10.3. The van der Waals surface area contributed by atoms with Crippen LogP contribution >= 0.6 is 22.7 Å². The van der Waals surface area contributed by atoms with Crippen molar-refractivity contribution in [2.24, 2.45) is 0 Å². The van der Waals surface area contributed by atoms with Crippen molar-refractivity contribution in [3.8, 4) is 0 Å². The van der Waals surface area contributed by atoms with Crippen LogP contribution in [0.25, 0.3) is 10.2 Å². The molecule has 0 amide bonds. The number of aromatic nitrogens is 2. The standard InChI is InChI=1S/C14H13N3S2/c15-14-17-13(9-2-3-9)12(19-14)6-8-1-4-10-11(5-8)18-7-16-10/h1,4-5,7,9H,2-3,6H2,(H2,15,17). The Bertz CT molecular complexity index is 740. The number of nitrogen functional groups attached to an aromatic ring is 1. The van der Waals surface area contributed by atoms with Gasteiger partial charge in [0.1, 0.15) is 0 Å². The fourth-order valence-electron chi connectivity index (χ4n) is 2.38. The Morgan fingerprint density at radius 1 is 1.32 bits per heavy atom. The third-order valence-corrected chi connectivity index (χ3v) is 5.16. The summed E-state index contributed by atoms with van der Waals surface area (Å²) in [5, 5.41) is 0.704. The normalized spacial score (nSPS) is 15.2. The minimum Gasteiger partial charge on any atom is -0.375 e. The van der Waals surface area contributed by atoms with E-state index < -0.39 is 0 Å². The number of benzene rings is 1. The van der Waals surface area contributed by atoms with Gasteiger partial charge < -0.3 is 5.73 Å². The van der Waals surface area contributed by atoms with Gasteiger partial charge in [-0.25, -0.2) is 9.97 Å². The molecule has 0 aliphatic heterocycles. The molecule has 5 heteroatoms. The molecule has 0 saturated heterocycles. The average molecular weight is 287 g/mol. The highest BCUT2D eigenvalue weighted by Gasteiger charge is 2.29. The third-order valence-electron chi connectivity index (χ3n) is 3.47. The molecule has 2 N–H and O–H groups in total. The van der Waals surface area contributed by atoms with E-state index in [0.29, 0.717) is 11.0 Å². The quantitative estimate of drug-likeness (QED) is 0.797. The molecule has 3 aromatic rings. The second kappa shape index (κ2) is 4.28. The van der Waals surface area contributed by atoms with Crippen LogP contribution in [0.15, 0.2) is 23.7 Å². The van der Waals surface area contributed by atoms with Crippen molar-refractivity contribution in [2.45, 2.75) is 25.2 Å². The maximum Gasteiger partial charge on any atom is 0.180 e. The fourth-order valence-corrected chi connectivity index (χ4v) is 4.07. The molecule has 0 atom stereocenters. The van der Waals surface area contributed by atoms with Crippen LogP contribution in [-0.2, 0) is 6.42 Å². The molecule has 1 aliphatic carbocycles. The molecule has 0 bridgehead atoms. The molecule has 2 aromatic heterocycles. The van der Waals surface area contributed by atoms with E-state index in [2.05, 4.69) is 28.2 Å². The van der Waals surface area contributed by atoms with Crippen molar-refractivity contribution in [3.05, 3.63) is 39.8 Å². The van der Waals surface area contributed by atoms with Crippen LogP contribution in [0, 0.1) is 0 Å². The summed E-state index contributed by atoms with van der Waals surface area (Å²) in [6.45, 7) is 0. The first-order chi connectivity index (χ1) is 9.29. The van der Waals surface area contributed by atoms with Crippen molar-refractivity contribution in [2.75, 3.05) is 5.73 Å². The van der Waals surface area contributed by atoms with Crippen LogP contribution in [0.1, 0.15) is 34.9 Å². The number of hydrogen-bond acceptors (Lipinski definition) is 5. The number of nitrogens with two attached hydrogens (primary N) is 1. The van der Waals surface area contributed by atoms with Crippen molar-refractivity contribution >= 4 is 38.0 Å². The van der Waals surface area contributed by atoms with Crippen LogP contribution in [0.3, 0.4) is 0 Å². The maximum absolute atomic E-state index is 5.87. The first-order valence-corrected chi connectivity index (χ1v) is 8.06. The summed E-state index contributed by atoms with van der Waals surface area (Å²) in [6.07, 6.45) is 3.47. The summed E-state index contributed by atoms with van der Waals surface area (Å²) in [5.74, 6) is 0.663. The first-order valence-electron chi connectivity index (χ1n) is 6.37. The van der Waals surface area contributed by atoms with Gasteiger partial charge in [0.05, 0.1) is 21.4 Å². The molecule has 4 rings (SSSR count). The maximum atomic E-state index is 5.87. The highest BCUT2D eigenvalue weighted by Crippen LogP contribution is 2.43. The van der Waals surface area contributed by atoms with Gasteiger partial charge in [-0.05, 0) is 30.5 Å². The number of rotatable bonds is 3. The van der Waals surface area contributed by atoms with Crippen molar-refractivity contribution in [3.63, 3.8) is 0 Å². The summed E-state index contributed by atoms with van der Waals surface area (Å²) in [4.78, 5) is 10.2. The monoisotopic (exact) mass is 287 g/mol. The Morgan fingerprint density at radius 2 is 2.21 bits per heavy atom. The predicted octanol–water partition coefficient (Wildman–Crippen LogP) is 3.80. The van der Waals surface area contributed by atoms with Crippen molar-refractivity contribution < 1.29 is 0 Å². The van der Waals surface area contributed by atoms with Gasteiger partial charge in [-0.3, -0.25) is 0 Å². The van der Waals surface area contributed by atoms with E-state index in [-0.39, 0.29) is 0 Å². The topological polar surface area (TPSA) is 51.8 Å². The molecule has 1 aliphatic rings. The molecule has 1 aromatic carbocycles. The predicted molar refractivity (Wildman–Crippen MR) is 80.9 cm³/mol. The highest BCUT2D eigenvalue weighted by atomic mass is 32.1. The van der Waals surface area contributed by atoms with E-state index >= 15 is 0 Å². The summed E-state index contributed by atoms with van der Waals surface area (Å²) >= 11 is 3.33. The number of fused-ring (bicyclic) bond motifs is 1. The minimum atomic E-state index is 0.663. The van der Waals surface area contributed by atoms with Crippen molar-refractivity contribution in [1.82, 2.24) is 9.97 Å². The van der Waals surface area contributed by atoms with Crippen LogP contribution in [0.2, 0.25) is 0 Å². The molecular weight excluding hydrogens is 274 g/mol. The Labute approximate surface area is 119 Å². The van der Waals surface area contributed by atoms with Crippen LogP contribution in [0.5, 0.6) is 0 Å². The highest BCUT2D eigenvalue weighted by molar-refractivity contribution is 7.16. The lowest BCUT2D eigenvalue weighted by Gasteiger charge is -2.01. The number of thiazole rings is 2. The largest absolute Gasteiger partial charge is 0.375 e. The lowest BCUT2D eigenvalue weighted by Crippen LogP contribution is -1.91. The van der Waals surface area contributed by atoms with E-state index in [9.17, 15) is 0 Å². The molecule has 0 spiro atoms. The second-order valence-corrected chi connectivity index (χ2v) is 6.97. The minimum absolute atomic E-state index is 0.663. The van der Waals surface area contributed by atoms with Gasteiger partial charge in [-0.2, -0.15) is 0 Å². The van der Waals surface area contributed by atoms with E-state index in [1.807, 2.05) is 5.51 Å². The molecule has 1 saturated carbocycles. The lowest BCUT2D eigenvalue weighted by molar-refractivity contribution is 1.01. The number of nitrogens with zero attached hydrogens (tertiary/aromatic N) is 2. The Morgan fingerprint density at radius 3 is 3.05 bits per heavy atom. The fraction of sp³-hybridized carbons (Fsp3) is 0.286. The Balaban J connectivity index is 1.69. The van der Waals surface area contributed by atoms with Crippen molar-refractivity contribution in [1.29, 1.82) is 0 Å². The van der Waals surface area contributed by atoms with Gasteiger partial charge in [-0.15, -0.1) is 22.7 Å². The van der Waals surface area contributed by atoms with Gasteiger partial charge >= 0.3 is 0 Å². The van der Waals surface area contributed by atoms with Gasteiger partial charge in [0, 0.05) is 17.2 Å². The molecule has 2 heterocycles. The van der Waals surface area contributed by atoms with Crippen LogP contribution in [0.4, 0.5) is 5.13 Å². The third kappa shape index (κ3) is 2.13. The summed E-state index contributed by atoms with van der Waals surface area (Å²) in [6, 6.07) is 6.50. The van der Waals surface area contributed by atoms with E-state index in [0.717, 1.165) is 11.9 Å². The Kier molecular flexibility index (Phi) is 2.56. The van der Waals surface area contributed by atoms with Gasteiger partial charge in [0.15, 0.2) is 5.13 Å². The molecular formula is C14H13N3S2. The summed E-state index contributed by atoms with van der Waals surface area (Å²) in [5.41, 5.74) is 11.4. The zero-order chi connectivity index (χ0) is 12.8. The molecule has 19 heavy (non-hydrogen) atoms. The van der Waals surface area contributed by atoms with E-state index in [1.54, 1.807) is 22.7 Å². The SMILES string of the molecule is Nc1nc(C2CC2)c(Cc2ccc3ncsc3c2)s1. The molecule has 0 radical (unpaired) electrons. The summed E-state index contributed by atoms with van der Waals surface area (Å²) < 4.78 is 1.25. The molecule has 3 nitrogen and oxygen atoms in total. The van der Waals surface area contributed by atoms with Crippen LogP contribution < -0.4 is 5.73 Å². The average Bonchev–Trinajstić information content (AvgIpc) is 3.02. The zero-order valence-corrected chi connectivity index (χ0v) is 11.9. The van der Waals surface area contributed by atoms with E-state index in [1.165, 1.54) is 33.7 Å². The molecule has 0 unspecified atom stereocenters.